The number of hydrogen-bond acceptors (Lipinski definition) is 3. The van der Waals surface area contributed by atoms with Crippen molar-refractivity contribution < 1.29 is 13.9 Å². The molecule has 4 nitrogen and oxygen atoms in total. The highest BCUT2D eigenvalue weighted by molar-refractivity contribution is 5.94. The van der Waals surface area contributed by atoms with Gasteiger partial charge in [0.1, 0.15) is 11.6 Å². The van der Waals surface area contributed by atoms with Gasteiger partial charge in [0.05, 0.1) is 12.7 Å². The lowest BCUT2D eigenvalue weighted by atomic mass is 10.0. The number of piperidine rings is 1. The maximum absolute atomic E-state index is 13.9. The topological polar surface area (TPSA) is 41.6 Å². The summed E-state index contributed by atoms with van der Waals surface area (Å²) in [5.74, 6) is -0.393. The molecule has 0 saturated carbocycles. The van der Waals surface area contributed by atoms with Crippen LogP contribution in [-0.4, -0.2) is 44.1 Å². The minimum atomic E-state index is -0.537. The Hall–Kier alpha value is -1.62. The third-order valence-electron chi connectivity index (χ3n) is 3.58. The van der Waals surface area contributed by atoms with Crippen LogP contribution in [0.5, 0.6) is 5.75 Å². The number of rotatable bonds is 3. The van der Waals surface area contributed by atoms with E-state index in [9.17, 15) is 9.18 Å². The van der Waals surface area contributed by atoms with E-state index in [4.69, 9.17) is 4.74 Å². The fourth-order valence-electron chi connectivity index (χ4n) is 2.35. The molecule has 1 saturated heterocycles. The lowest BCUT2D eigenvalue weighted by Gasteiger charge is -2.31. The van der Waals surface area contributed by atoms with E-state index in [1.165, 1.54) is 19.2 Å². The molecule has 0 radical (unpaired) electrons. The van der Waals surface area contributed by atoms with Gasteiger partial charge >= 0.3 is 0 Å². The van der Waals surface area contributed by atoms with Gasteiger partial charge in [-0.3, -0.25) is 4.79 Å². The van der Waals surface area contributed by atoms with E-state index in [1.807, 2.05) is 0 Å². The number of amides is 1. The molecular formula is C14H19FN2O2. The van der Waals surface area contributed by atoms with E-state index in [0.29, 0.717) is 5.75 Å². The molecule has 1 aromatic carbocycles. The second kappa shape index (κ2) is 6.02. The minimum Gasteiger partial charge on any atom is -0.497 e. The molecule has 0 bridgehead atoms. The number of ether oxygens (including phenoxy) is 1. The van der Waals surface area contributed by atoms with Crippen LogP contribution in [0, 0.1) is 5.82 Å². The van der Waals surface area contributed by atoms with Crippen LogP contribution in [0.15, 0.2) is 18.2 Å². The van der Waals surface area contributed by atoms with Crippen LogP contribution >= 0.6 is 0 Å². The molecular weight excluding hydrogens is 247 g/mol. The molecule has 1 fully saturated rings. The standard InChI is InChI=1S/C14H19FN2O2/c1-17(10-5-7-16-8-6-10)14(18)12-4-3-11(19-2)9-13(12)15/h3-4,9-10,16H,5-8H2,1-2H3. The normalized spacial score (nSPS) is 16.2. The van der Waals surface area contributed by atoms with Crippen LogP contribution in [0.25, 0.3) is 0 Å². The Labute approximate surface area is 112 Å². The molecule has 0 spiro atoms. The lowest BCUT2D eigenvalue weighted by molar-refractivity contribution is 0.0698. The molecule has 0 unspecified atom stereocenters. The summed E-state index contributed by atoms with van der Waals surface area (Å²) < 4.78 is 18.8. The molecule has 0 atom stereocenters. The van der Waals surface area contributed by atoms with Crippen molar-refractivity contribution in [1.82, 2.24) is 10.2 Å². The van der Waals surface area contributed by atoms with Crippen LogP contribution in [0.4, 0.5) is 4.39 Å². The number of halogens is 1. The number of hydrogen-bond donors (Lipinski definition) is 1. The van der Waals surface area contributed by atoms with Crippen LogP contribution in [0.2, 0.25) is 0 Å². The zero-order valence-corrected chi connectivity index (χ0v) is 11.3. The predicted molar refractivity (Wildman–Crippen MR) is 70.9 cm³/mol. The van der Waals surface area contributed by atoms with Gasteiger partial charge in [-0.15, -0.1) is 0 Å². The average Bonchev–Trinajstić information content (AvgIpc) is 2.46. The molecule has 104 valence electrons. The Balaban J connectivity index is 2.14. The number of nitrogens with one attached hydrogen (secondary N) is 1. The number of methoxy groups -OCH3 is 1. The van der Waals surface area contributed by atoms with Gasteiger partial charge in [0.2, 0.25) is 0 Å². The molecule has 1 aliphatic rings. The van der Waals surface area contributed by atoms with Crippen molar-refractivity contribution in [1.29, 1.82) is 0 Å². The smallest absolute Gasteiger partial charge is 0.256 e. The van der Waals surface area contributed by atoms with Crippen LogP contribution in [0.1, 0.15) is 23.2 Å². The highest BCUT2D eigenvalue weighted by atomic mass is 19.1. The molecule has 5 heteroatoms. The van der Waals surface area contributed by atoms with E-state index < -0.39 is 5.82 Å². The summed E-state index contributed by atoms with van der Waals surface area (Å²) >= 11 is 0. The van der Waals surface area contributed by atoms with Crippen LogP contribution in [0.3, 0.4) is 0 Å². The van der Waals surface area contributed by atoms with Crippen molar-refractivity contribution >= 4 is 5.91 Å². The number of carbonyl (C=O) groups is 1. The summed E-state index contributed by atoms with van der Waals surface area (Å²) in [5, 5.41) is 3.25. The van der Waals surface area contributed by atoms with E-state index in [0.717, 1.165) is 25.9 Å². The van der Waals surface area contributed by atoms with Crippen molar-refractivity contribution in [3.05, 3.63) is 29.6 Å². The Kier molecular flexibility index (Phi) is 4.37. The number of benzene rings is 1. The molecule has 2 rings (SSSR count). The second-order valence-corrected chi connectivity index (χ2v) is 4.74. The highest BCUT2D eigenvalue weighted by Crippen LogP contribution is 2.19. The zero-order chi connectivity index (χ0) is 13.8. The predicted octanol–water partition coefficient (Wildman–Crippen LogP) is 1.66. The Bertz CT molecular complexity index is 459. The zero-order valence-electron chi connectivity index (χ0n) is 11.3. The quantitative estimate of drug-likeness (QED) is 0.904. The maximum atomic E-state index is 13.9. The molecule has 19 heavy (non-hydrogen) atoms. The van der Waals surface area contributed by atoms with Crippen LogP contribution < -0.4 is 10.1 Å². The van der Waals surface area contributed by atoms with Gasteiger partial charge in [-0.25, -0.2) is 4.39 Å². The summed E-state index contributed by atoms with van der Waals surface area (Å²) in [6.45, 7) is 1.79. The Morgan fingerprint density at radius 2 is 2.11 bits per heavy atom. The molecule has 1 aliphatic heterocycles. The fourth-order valence-corrected chi connectivity index (χ4v) is 2.35. The number of nitrogens with zero attached hydrogens (tertiary/aromatic N) is 1. The first-order chi connectivity index (χ1) is 9.13. The summed E-state index contributed by atoms with van der Waals surface area (Å²) in [5.41, 5.74) is 0.0989. The van der Waals surface area contributed by atoms with Gasteiger partial charge in [0.25, 0.3) is 5.91 Å². The van der Waals surface area contributed by atoms with Gasteiger partial charge in [0, 0.05) is 19.2 Å². The average molecular weight is 266 g/mol. The molecule has 1 N–H and O–H groups in total. The molecule has 0 aromatic heterocycles. The summed E-state index contributed by atoms with van der Waals surface area (Å²) in [6, 6.07) is 4.50. The molecule has 0 aliphatic carbocycles. The van der Waals surface area contributed by atoms with E-state index in [2.05, 4.69) is 5.32 Å². The van der Waals surface area contributed by atoms with Crippen molar-refractivity contribution in [2.75, 3.05) is 27.2 Å². The van der Waals surface area contributed by atoms with E-state index in [1.54, 1.807) is 18.0 Å². The molecule has 1 heterocycles. The molecule has 1 amide bonds. The van der Waals surface area contributed by atoms with Gasteiger partial charge in [-0.2, -0.15) is 0 Å². The van der Waals surface area contributed by atoms with Crippen LogP contribution in [-0.2, 0) is 0 Å². The van der Waals surface area contributed by atoms with Crippen molar-refractivity contribution in [2.45, 2.75) is 18.9 Å². The SMILES string of the molecule is COc1ccc(C(=O)N(C)C2CCNCC2)c(F)c1. The minimum absolute atomic E-state index is 0.0989. The van der Waals surface area contributed by atoms with Crippen molar-refractivity contribution in [2.24, 2.45) is 0 Å². The molecule has 1 aromatic rings. The summed E-state index contributed by atoms with van der Waals surface area (Å²) in [7, 11) is 3.21. The maximum Gasteiger partial charge on any atom is 0.256 e. The van der Waals surface area contributed by atoms with E-state index >= 15 is 0 Å². The van der Waals surface area contributed by atoms with E-state index in [-0.39, 0.29) is 17.5 Å². The first kappa shape index (κ1) is 13.8. The fraction of sp³-hybridized carbons (Fsp3) is 0.500. The monoisotopic (exact) mass is 266 g/mol. The van der Waals surface area contributed by atoms with Gasteiger partial charge in [-0.1, -0.05) is 0 Å². The Morgan fingerprint density at radius 1 is 1.42 bits per heavy atom. The first-order valence-electron chi connectivity index (χ1n) is 6.45. The summed E-state index contributed by atoms with van der Waals surface area (Å²) in [6.07, 6.45) is 1.81. The third kappa shape index (κ3) is 3.04. The van der Waals surface area contributed by atoms with Crippen molar-refractivity contribution in [3.63, 3.8) is 0 Å². The van der Waals surface area contributed by atoms with Crippen molar-refractivity contribution in [3.8, 4) is 5.75 Å². The first-order valence-corrected chi connectivity index (χ1v) is 6.45. The largest absolute Gasteiger partial charge is 0.497 e. The summed E-state index contributed by atoms with van der Waals surface area (Å²) in [4.78, 5) is 13.9. The van der Waals surface area contributed by atoms with Gasteiger partial charge in [-0.05, 0) is 38.1 Å². The second-order valence-electron chi connectivity index (χ2n) is 4.74. The number of carbonyl (C=O) groups excluding carboxylic acids is 1. The van der Waals surface area contributed by atoms with Gasteiger partial charge in [0.15, 0.2) is 0 Å². The Morgan fingerprint density at radius 3 is 2.68 bits per heavy atom. The third-order valence-corrected chi connectivity index (χ3v) is 3.58. The lowest BCUT2D eigenvalue weighted by Crippen LogP contribution is -2.44. The highest BCUT2D eigenvalue weighted by Gasteiger charge is 2.24. The van der Waals surface area contributed by atoms with Gasteiger partial charge < -0.3 is 15.0 Å².